The van der Waals surface area contributed by atoms with Gasteiger partial charge in [0, 0.05) is 23.7 Å². The standard InChI is InChI=1S/C25H29FN4O3S/c1-16(2)13-21(24(31)33-5)30(3)25-28-22(27-18-8-6-7-17(26)14-18)15-23(29-25)34-20-11-9-19(32-4)10-12-20/h6-12,14-16,21H,13H2,1-5H3,(H,27,28,29)/t21-/m0/s1. The Hall–Kier alpha value is -3.33. The van der Waals surface area contributed by atoms with Gasteiger partial charge in [-0.3, -0.25) is 0 Å². The molecule has 0 aliphatic carbocycles. The van der Waals surface area contributed by atoms with Gasteiger partial charge < -0.3 is 19.7 Å². The molecule has 9 heteroatoms. The summed E-state index contributed by atoms with van der Waals surface area (Å²) in [5.74, 6) is 1.14. The number of nitrogens with zero attached hydrogens (tertiary/aromatic N) is 3. The number of halogens is 1. The van der Waals surface area contributed by atoms with Crippen molar-refractivity contribution in [3.63, 3.8) is 0 Å². The van der Waals surface area contributed by atoms with E-state index in [1.807, 2.05) is 38.1 Å². The second-order valence-electron chi connectivity index (χ2n) is 8.08. The zero-order valence-electron chi connectivity index (χ0n) is 19.9. The predicted octanol–water partition coefficient (Wildman–Crippen LogP) is 5.54. The molecule has 7 nitrogen and oxygen atoms in total. The topological polar surface area (TPSA) is 76.6 Å². The maximum atomic E-state index is 13.7. The van der Waals surface area contributed by atoms with E-state index in [1.54, 1.807) is 37.3 Å². The van der Waals surface area contributed by atoms with Crippen molar-refractivity contribution in [2.45, 2.75) is 36.2 Å². The van der Waals surface area contributed by atoms with Crippen LogP contribution < -0.4 is 15.0 Å². The Labute approximate surface area is 203 Å². The molecule has 0 unspecified atom stereocenters. The number of rotatable bonds is 10. The van der Waals surface area contributed by atoms with Crippen LogP contribution in [0.15, 0.2) is 64.5 Å². The zero-order chi connectivity index (χ0) is 24.7. The Morgan fingerprint density at radius 3 is 2.47 bits per heavy atom. The lowest BCUT2D eigenvalue weighted by atomic mass is 10.0. The Kier molecular flexibility index (Phi) is 8.70. The zero-order valence-corrected chi connectivity index (χ0v) is 20.7. The van der Waals surface area contributed by atoms with Gasteiger partial charge in [0.15, 0.2) is 0 Å². The largest absolute Gasteiger partial charge is 0.497 e. The molecular weight excluding hydrogens is 455 g/mol. The third kappa shape index (κ3) is 6.84. The molecule has 0 saturated heterocycles. The van der Waals surface area contributed by atoms with Crippen LogP contribution in [0.25, 0.3) is 0 Å². The maximum absolute atomic E-state index is 13.7. The number of esters is 1. The van der Waals surface area contributed by atoms with Crippen LogP contribution >= 0.6 is 11.8 Å². The van der Waals surface area contributed by atoms with Gasteiger partial charge in [0.25, 0.3) is 0 Å². The molecule has 3 aromatic rings. The molecular formula is C25H29FN4O3S. The van der Waals surface area contributed by atoms with E-state index in [1.165, 1.54) is 31.0 Å². The lowest BCUT2D eigenvalue weighted by molar-refractivity contribution is -0.142. The lowest BCUT2D eigenvalue weighted by Gasteiger charge is -2.28. The van der Waals surface area contributed by atoms with Crippen molar-refractivity contribution in [3.05, 3.63) is 60.4 Å². The Morgan fingerprint density at radius 1 is 1.12 bits per heavy atom. The molecule has 1 heterocycles. The van der Waals surface area contributed by atoms with Gasteiger partial charge in [-0.05, 0) is 54.8 Å². The van der Waals surface area contributed by atoms with E-state index in [-0.39, 0.29) is 17.7 Å². The van der Waals surface area contributed by atoms with Crippen LogP contribution in [0, 0.1) is 11.7 Å². The minimum atomic E-state index is -0.548. The molecule has 0 spiro atoms. The highest BCUT2D eigenvalue weighted by Crippen LogP contribution is 2.31. The summed E-state index contributed by atoms with van der Waals surface area (Å²) in [4.78, 5) is 24.5. The van der Waals surface area contributed by atoms with Crippen LogP contribution in [-0.4, -0.2) is 43.2 Å². The highest BCUT2D eigenvalue weighted by molar-refractivity contribution is 7.99. The minimum Gasteiger partial charge on any atom is -0.497 e. The summed E-state index contributed by atoms with van der Waals surface area (Å²) < 4.78 is 24.0. The molecule has 1 aromatic heterocycles. The first-order chi connectivity index (χ1) is 16.3. The van der Waals surface area contributed by atoms with Crippen molar-refractivity contribution < 1.29 is 18.7 Å². The summed E-state index contributed by atoms with van der Waals surface area (Å²) >= 11 is 1.44. The first kappa shape index (κ1) is 25.3. The van der Waals surface area contributed by atoms with Gasteiger partial charge in [0.1, 0.15) is 28.5 Å². The third-order valence-electron chi connectivity index (χ3n) is 5.02. The van der Waals surface area contributed by atoms with Gasteiger partial charge >= 0.3 is 5.97 Å². The van der Waals surface area contributed by atoms with Crippen LogP contribution in [0.2, 0.25) is 0 Å². The number of aromatic nitrogens is 2. The summed E-state index contributed by atoms with van der Waals surface area (Å²) in [6, 6.07) is 15.0. The monoisotopic (exact) mass is 484 g/mol. The highest BCUT2D eigenvalue weighted by Gasteiger charge is 2.27. The summed E-state index contributed by atoms with van der Waals surface area (Å²) in [6.07, 6.45) is 0.578. The van der Waals surface area contributed by atoms with Gasteiger partial charge in [-0.2, -0.15) is 4.98 Å². The lowest BCUT2D eigenvalue weighted by Crippen LogP contribution is -2.41. The molecule has 2 aromatic carbocycles. The van der Waals surface area contributed by atoms with E-state index in [0.717, 1.165) is 10.6 Å². The smallest absolute Gasteiger partial charge is 0.328 e. The summed E-state index contributed by atoms with van der Waals surface area (Å²) in [5, 5.41) is 3.80. The van der Waals surface area contributed by atoms with Crippen molar-refractivity contribution in [3.8, 4) is 5.75 Å². The minimum absolute atomic E-state index is 0.258. The van der Waals surface area contributed by atoms with Gasteiger partial charge in [-0.1, -0.05) is 31.7 Å². The maximum Gasteiger partial charge on any atom is 0.328 e. The fraction of sp³-hybridized carbons (Fsp3) is 0.320. The number of anilines is 3. The molecule has 0 saturated carbocycles. The molecule has 0 radical (unpaired) electrons. The molecule has 0 fully saturated rings. The number of methoxy groups -OCH3 is 2. The highest BCUT2D eigenvalue weighted by atomic mass is 32.2. The van der Waals surface area contributed by atoms with E-state index in [9.17, 15) is 9.18 Å². The Morgan fingerprint density at radius 2 is 1.85 bits per heavy atom. The number of likely N-dealkylation sites (N-methyl/N-ethyl adjacent to an activating group) is 1. The molecule has 0 amide bonds. The van der Waals surface area contributed by atoms with E-state index >= 15 is 0 Å². The number of carbonyl (C=O) groups excluding carboxylic acids is 1. The molecule has 180 valence electrons. The SMILES string of the molecule is COC(=O)[C@H](CC(C)C)N(C)c1nc(Nc2cccc(F)c2)cc(Sc2ccc(OC)cc2)n1. The molecule has 3 rings (SSSR count). The van der Waals surface area contributed by atoms with Gasteiger partial charge in [0.2, 0.25) is 5.95 Å². The second-order valence-corrected chi connectivity index (χ2v) is 9.18. The molecule has 0 aliphatic rings. The number of ether oxygens (including phenoxy) is 2. The van der Waals surface area contributed by atoms with Crippen LogP contribution in [0.3, 0.4) is 0 Å². The van der Waals surface area contributed by atoms with E-state index in [2.05, 4.69) is 10.3 Å². The van der Waals surface area contributed by atoms with E-state index in [0.29, 0.717) is 28.9 Å². The van der Waals surface area contributed by atoms with Crippen molar-refractivity contribution in [2.24, 2.45) is 5.92 Å². The molecule has 1 N–H and O–H groups in total. The van der Waals surface area contributed by atoms with Crippen LogP contribution in [-0.2, 0) is 9.53 Å². The summed E-state index contributed by atoms with van der Waals surface area (Å²) in [7, 11) is 4.76. The van der Waals surface area contributed by atoms with E-state index in [4.69, 9.17) is 14.5 Å². The average molecular weight is 485 g/mol. The number of nitrogens with one attached hydrogen (secondary N) is 1. The van der Waals surface area contributed by atoms with Crippen molar-refractivity contribution in [2.75, 3.05) is 31.5 Å². The van der Waals surface area contributed by atoms with Gasteiger partial charge in [-0.25, -0.2) is 14.2 Å². The molecule has 0 aliphatic heterocycles. The average Bonchev–Trinajstić information content (AvgIpc) is 2.82. The molecule has 0 bridgehead atoms. The van der Waals surface area contributed by atoms with Gasteiger partial charge in [0.05, 0.1) is 14.2 Å². The first-order valence-electron chi connectivity index (χ1n) is 10.8. The van der Waals surface area contributed by atoms with Crippen molar-refractivity contribution in [1.82, 2.24) is 9.97 Å². The molecule has 34 heavy (non-hydrogen) atoms. The third-order valence-corrected chi connectivity index (χ3v) is 5.95. The molecule has 1 atom stereocenters. The normalized spacial score (nSPS) is 11.7. The van der Waals surface area contributed by atoms with Crippen LogP contribution in [0.5, 0.6) is 5.75 Å². The second kappa shape index (κ2) is 11.7. The number of carbonyl (C=O) groups is 1. The number of hydrogen-bond acceptors (Lipinski definition) is 8. The Bertz CT molecular complexity index is 1110. The summed E-state index contributed by atoms with van der Waals surface area (Å²) in [6.45, 7) is 4.08. The van der Waals surface area contributed by atoms with Crippen LogP contribution in [0.4, 0.5) is 21.8 Å². The van der Waals surface area contributed by atoms with E-state index < -0.39 is 6.04 Å². The first-order valence-corrected chi connectivity index (χ1v) is 11.6. The quantitative estimate of drug-likeness (QED) is 0.297. The fourth-order valence-electron chi connectivity index (χ4n) is 3.30. The van der Waals surface area contributed by atoms with Crippen molar-refractivity contribution in [1.29, 1.82) is 0 Å². The Balaban J connectivity index is 1.98. The number of benzene rings is 2. The fourth-order valence-corrected chi connectivity index (χ4v) is 4.11. The number of hydrogen-bond donors (Lipinski definition) is 1. The summed E-state index contributed by atoms with van der Waals surface area (Å²) in [5.41, 5.74) is 0.555. The van der Waals surface area contributed by atoms with Crippen LogP contribution in [0.1, 0.15) is 20.3 Å². The predicted molar refractivity (Wildman–Crippen MR) is 132 cm³/mol. The van der Waals surface area contributed by atoms with Crippen molar-refractivity contribution >= 4 is 35.2 Å². The van der Waals surface area contributed by atoms with Gasteiger partial charge in [-0.15, -0.1) is 0 Å².